The van der Waals surface area contributed by atoms with Crippen LogP contribution in [-0.2, 0) is 6.54 Å². The summed E-state index contributed by atoms with van der Waals surface area (Å²) in [5, 5.41) is 4.14. The molecular weight excluding hydrogens is 318 g/mol. The van der Waals surface area contributed by atoms with Crippen LogP contribution in [0.1, 0.15) is 24.2 Å². The molecule has 19 heavy (non-hydrogen) atoms. The van der Waals surface area contributed by atoms with Gasteiger partial charge in [-0.25, -0.2) is 14.2 Å². The van der Waals surface area contributed by atoms with Gasteiger partial charge in [0.25, 0.3) is 0 Å². The van der Waals surface area contributed by atoms with E-state index in [4.69, 9.17) is 5.84 Å². The van der Waals surface area contributed by atoms with Gasteiger partial charge in [0.15, 0.2) is 11.6 Å². The van der Waals surface area contributed by atoms with Gasteiger partial charge in [-0.15, -0.1) is 0 Å². The topological polar surface area (TPSA) is 55.9 Å². The van der Waals surface area contributed by atoms with Crippen molar-refractivity contribution in [1.82, 2.24) is 15.2 Å². The first-order chi connectivity index (χ1) is 9.10. The van der Waals surface area contributed by atoms with Crippen molar-refractivity contribution in [3.05, 3.63) is 51.8 Å². The van der Waals surface area contributed by atoms with Crippen molar-refractivity contribution in [3.63, 3.8) is 0 Å². The van der Waals surface area contributed by atoms with Crippen LogP contribution in [0.5, 0.6) is 0 Å². The molecule has 1 heterocycles. The van der Waals surface area contributed by atoms with E-state index in [1.54, 1.807) is 10.9 Å². The van der Waals surface area contributed by atoms with Gasteiger partial charge in [-0.3, -0.25) is 10.5 Å². The van der Waals surface area contributed by atoms with Crippen LogP contribution in [-0.4, -0.2) is 9.78 Å². The second-order valence-corrected chi connectivity index (χ2v) is 4.79. The number of hydrogen-bond acceptors (Lipinski definition) is 3. The Hall–Kier alpha value is -1.31. The van der Waals surface area contributed by atoms with E-state index in [0.29, 0.717) is 16.7 Å². The fourth-order valence-corrected chi connectivity index (χ4v) is 2.50. The molecule has 0 saturated heterocycles. The summed E-state index contributed by atoms with van der Waals surface area (Å²) in [6.45, 7) is 2.49. The second-order valence-electron chi connectivity index (χ2n) is 3.94. The Labute approximate surface area is 117 Å². The summed E-state index contributed by atoms with van der Waals surface area (Å²) >= 11 is 3.34. The van der Waals surface area contributed by atoms with Crippen molar-refractivity contribution in [2.24, 2.45) is 5.84 Å². The van der Waals surface area contributed by atoms with Gasteiger partial charge in [0.2, 0.25) is 0 Å². The summed E-state index contributed by atoms with van der Waals surface area (Å²) in [6, 6.07) is 3.31. The lowest BCUT2D eigenvalue weighted by Crippen LogP contribution is -2.31. The van der Waals surface area contributed by atoms with E-state index in [0.717, 1.165) is 6.07 Å². The number of nitrogens with zero attached hydrogens (tertiary/aromatic N) is 2. The van der Waals surface area contributed by atoms with Crippen LogP contribution in [0.4, 0.5) is 8.78 Å². The summed E-state index contributed by atoms with van der Waals surface area (Å²) in [7, 11) is 0. The zero-order valence-corrected chi connectivity index (χ0v) is 11.8. The highest BCUT2D eigenvalue weighted by Gasteiger charge is 2.24. The normalized spacial score (nSPS) is 12.7. The van der Waals surface area contributed by atoms with E-state index in [9.17, 15) is 8.78 Å². The number of nitrogens with one attached hydrogen (secondary N) is 1. The van der Waals surface area contributed by atoms with Crippen molar-refractivity contribution in [3.8, 4) is 0 Å². The lowest BCUT2D eigenvalue weighted by molar-refractivity contribution is 0.471. The standard InChI is InChI=1S/C12H13BrF2N4/c1-2-19-12(8(13)6-17-19)11(18-16)7-4-3-5-9(14)10(7)15/h3-6,11,18H,2,16H2,1H3. The number of nitrogens with two attached hydrogens (primary N) is 1. The molecule has 1 unspecified atom stereocenters. The Morgan fingerprint density at radius 1 is 1.47 bits per heavy atom. The fraction of sp³-hybridized carbons (Fsp3) is 0.250. The van der Waals surface area contributed by atoms with Gasteiger partial charge in [-0.2, -0.15) is 5.10 Å². The molecule has 3 N–H and O–H groups in total. The molecule has 0 radical (unpaired) electrons. The average Bonchev–Trinajstić information content (AvgIpc) is 2.77. The van der Waals surface area contributed by atoms with Crippen LogP contribution in [0.2, 0.25) is 0 Å². The van der Waals surface area contributed by atoms with Gasteiger partial charge in [0, 0.05) is 12.1 Å². The summed E-state index contributed by atoms with van der Waals surface area (Å²) < 4.78 is 29.6. The Kier molecular flexibility index (Phi) is 4.28. The lowest BCUT2D eigenvalue weighted by atomic mass is 10.0. The molecule has 0 bridgehead atoms. The molecule has 0 saturated carbocycles. The summed E-state index contributed by atoms with van der Waals surface area (Å²) in [4.78, 5) is 0. The minimum atomic E-state index is -0.916. The minimum absolute atomic E-state index is 0.137. The number of hydrazine groups is 1. The molecule has 4 nitrogen and oxygen atoms in total. The Bertz CT molecular complexity index is 585. The largest absolute Gasteiger partial charge is 0.271 e. The van der Waals surface area contributed by atoms with Crippen molar-refractivity contribution in [2.45, 2.75) is 19.5 Å². The van der Waals surface area contributed by atoms with E-state index >= 15 is 0 Å². The maximum absolute atomic E-state index is 13.9. The molecule has 102 valence electrons. The molecule has 0 fully saturated rings. The zero-order chi connectivity index (χ0) is 14.0. The first-order valence-electron chi connectivity index (χ1n) is 5.71. The van der Waals surface area contributed by atoms with E-state index in [2.05, 4.69) is 26.5 Å². The number of rotatable bonds is 4. The molecule has 2 rings (SSSR count). The highest BCUT2D eigenvalue weighted by molar-refractivity contribution is 9.10. The summed E-state index contributed by atoms with van der Waals surface area (Å²) in [5.74, 6) is 3.68. The van der Waals surface area contributed by atoms with Gasteiger partial charge in [-0.1, -0.05) is 12.1 Å². The number of halogens is 3. The Morgan fingerprint density at radius 3 is 2.84 bits per heavy atom. The number of aryl methyl sites for hydroxylation is 1. The predicted octanol–water partition coefficient (Wildman–Crippen LogP) is 2.50. The summed E-state index contributed by atoms with van der Waals surface area (Å²) in [5.41, 5.74) is 3.29. The average molecular weight is 331 g/mol. The van der Waals surface area contributed by atoms with Crippen LogP contribution in [0.25, 0.3) is 0 Å². The van der Waals surface area contributed by atoms with Crippen molar-refractivity contribution < 1.29 is 8.78 Å². The van der Waals surface area contributed by atoms with Gasteiger partial charge in [-0.05, 0) is 28.9 Å². The maximum Gasteiger partial charge on any atom is 0.164 e. The second kappa shape index (κ2) is 5.77. The Balaban J connectivity index is 2.56. The molecule has 0 aliphatic rings. The molecule has 0 aliphatic carbocycles. The molecule has 0 spiro atoms. The van der Waals surface area contributed by atoms with Gasteiger partial charge >= 0.3 is 0 Å². The van der Waals surface area contributed by atoms with Crippen LogP contribution in [0, 0.1) is 11.6 Å². The molecule has 0 amide bonds. The van der Waals surface area contributed by atoms with E-state index in [1.807, 2.05) is 6.92 Å². The smallest absolute Gasteiger partial charge is 0.164 e. The van der Waals surface area contributed by atoms with Crippen molar-refractivity contribution in [1.29, 1.82) is 0 Å². The van der Waals surface area contributed by atoms with Gasteiger partial charge in [0.1, 0.15) is 0 Å². The molecule has 0 aliphatic heterocycles. The SMILES string of the molecule is CCn1ncc(Br)c1C(NN)c1cccc(F)c1F. The van der Waals surface area contributed by atoms with Crippen LogP contribution in [0.3, 0.4) is 0 Å². The lowest BCUT2D eigenvalue weighted by Gasteiger charge is -2.19. The zero-order valence-electron chi connectivity index (χ0n) is 10.2. The van der Waals surface area contributed by atoms with Crippen LogP contribution >= 0.6 is 15.9 Å². The van der Waals surface area contributed by atoms with Crippen LogP contribution < -0.4 is 11.3 Å². The maximum atomic E-state index is 13.9. The highest BCUT2D eigenvalue weighted by Crippen LogP contribution is 2.30. The first kappa shape index (κ1) is 14.1. The number of benzene rings is 1. The minimum Gasteiger partial charge on any atom is -0.271 e. The summed E-state index contributed by atoms with van der Waals surface area (Å²) in [6.07, 6.45) is 1.60. The Morgan fingerprint density at radius 2 is 2.21 bits per heavy atom. The predicted molar refractivity (Wildman–Crippen MR) is 71.1 cm³/mol. The quantitative estimate of drug-likeness (QED) is 0.669. The number of hydrogen-bond donors (Lipinski definition) is 2. The third-order valence-corrected chi connectivity index (χ3v) is 3.48. The van der Waals surface area contributed by atoms with Crippen LogP contribution in [0.15, 0.2) is 28.9 Å². The molecular formula is C12H13BrF2N4. The fourth-order valence-electron chi connectivity index (χ4n) is 1.97. The van der Waals surface area contributed by atoms with Gasteiger partial charge < -0.3 is 0 Å². The molecule has 2 aromatic rings. The highest BCUT2D eigenvalue weighted by atomic mass is 79.9. The first-order valence-corrected chi connectivity index (χ1v) is 6.50. The monoisotopic (exact) mass is 330 g/mol. The van der Waals surface area contributed by atoms with E-state index in [-0.39, 0.29) is 5.56 Å². The van der Waals surface area contributed by atoms with E-state index < -0.39 is 17.7 Å². The molecule has 1 aromatic heterocycles. The van der Waals surface area contributed by atoms with E-state index in [1.165, 1.54) is 12.1 Å². The molecule has 1 aromatic carbocycles. The third kappa shape index (κ3) is 2.54. The molecule has 1 atom stereocenters. The van der Waals surface area contributed by atoms with Crippen molar-refractivity contribution in [2.75, 3.05) is 0 Å². The molecule has 7 heteroatoms. The van der Waals surface area contributed by atoms with Crippen molar-refractivity contribution >= 4 is 15.9 Å². The third-order valence-electron chi connectivity index (χ3n) is 2.87. The number of aromatic nitrogens is 2. The van der Waals surface area contributed by atoms with Gasteiger partial charge in [0.05, 0.1) is 22.4 Å².